The molecule has 0 saturated heterocycles. The third-order valence-electron chi connectivity index (χ3n) is 2.50. The van der Waals surface area contributed by atoms with Gasteiger partial charge in [0.1, 0.15) is 5.82 Å². The monoisotopic (exact) mass is 207 g/mol. The highest BCUT2D eigenvalue weighted by molar-refractivity contribution is 5.31. The molecule has 0 radical (unpaired) electrons. The van der Waals surface area contributed by atoms with E-state index in [1.54, 1.807) is 6.07 Å². The molecule has 0 N–H and O–H groups in total. The van der Waals surface area contributed by atoms with Crippen molar-refractivity contribution in [3.63, 3.8) is 0 Å². The van der Waals surface area contributed by atoms with Crippen molar-refractivity contribution >= 4 is 0 Å². The third kappa shape index (κ3) is 3.08. The van der Waals surface area contributed by atoms with Crippen molar-refractivity contribution in [1.29, 1.82) is 0 Å². The molecule has 0 saturated carbocycles. The van der Waals surface area contributed by atoms with Crippen LogP contribution in [0.25, 0.3) is 0 Å². The van der Waals surface area contributed by atoms with Gasteiger partial charge < -0.3 is 4.90 Å². The van der Waals surface area contributed by atoms with Gasteiger partial charge in [0.15, 0.2) is 0 Å². The summed E-state index contributed by atoms with van der Waals surface area (Å²) in [5.41, 5.74) is 2.77. The molecule has 0 aromatic heterocycles. The van der Waals surface area contributed by atoms with Crippen molar-refractivity contribution < 1.29 is 4.39 Å². The minimum Gasteiger partial charge on any atom is -0.376 e. The lowest BCUT2D eigenvalue weighted by molar-refractivity contribution is 0.448. The van der Waals surface area contributed by atoms with Gasteiger partial charge in [0.25, 0.3) is 0 Å². The molecule has 0 amide bonds. The van der Waals surface area contributed by atoms with E-state index in [0.29, 0.717) is 0 Å². The van der Waals surface area contributed by atoms with Crippen LogP contribution in [0.2, 0.25) is 0 Å². The van der Waals surface area contributed by atoms with E-state index in [1.807, 2.05) is 51.1 Å². The summed E-state index contributed by atoms with van der Waals surface area (Å²) in [6, 6.07) is 3.65. The van der Waals surface area contributed by atoms with Crippen LogP contribution in [0.1, 0.15) is 23.6 Å². The normalized spacial score (nSPS) is 11.0. The first kappa shape index (κ1) is 11.8. The molecule has 1 aromatic carbocycles. The highest BCUT2D eigenvalue weighted by Gasteiger charge is 2.04. The lowest BCUT2D eigenvalue weighted by atomic mass is 10.1. The van der Waals surface area contributed by atoms with Crippen LogP contribution < -0.4 is 0 Å². The average Bonchev–Trinajstić information content (AvgIpc) is 2.14. The fourth-order valence-corrected chi connectivity index (χ4v) is 1.57. The molecule has 82 valence electrons. The molecule has 0 spiro atoms. The second-order valence-electron chi connectivity index (χ2n) is 3.92. The predicted molar refractivity (Wildman–Crippen MR) is 62.2 cm³/mol. The molecular formula is C13H18FN. The Morgan fingerprint density at radius 1 is 1.33 bits per heavy atom. The van der Waals surface area contributed by atoms with Gasteiger partial charge in [0.05, 0.1) is 0 Å². The lowest BCUT2D eigenvalue weighted by Crippen LogP contribution is -2.10. The molecule has 1 aromatic rings. The van der Waals surface area contributed by atoms with Crippen LogP contribution >= 0.6 is 0 Å². The zero-order chi connectivity index (χ0) is 11.4. The van der Waals surface area contributed by atoms with Crippen LogP contribution in [0.5, 0.6) is 0 Å². The number of aryl methyl sites for hydroxylation is 1. The third-order valence-corrected chi connectivity index (χ3v) is 2.50. The minimum atomic E-state index is -0.112. The van der Waals surface area contributed by atoms with Crippen LogP contribution in [-0.2, 0) is 6.54 Å². The van der Waals surface area contributed by atoms with Gasteiger partial charge in [-0.1, -0.05) is 12.1 Å². The summed E-state index contributed by atoms with van der Waals surface area (Å²) in [5.74, 6) is -0.112. The number of hydrogen-bond donors (Lipinski definition) is 0. The molecule has 0 aliphatic rings. The summed E-state index contributed by atoms with van der Waals surface area (Å²) in [6.45, 7) is 6.46. The van der Waals surface area contributed by atoms with E-state index < -0.39 is 0 Å². The van der Waals surface area contributed by atoms with E-state index in [2.05, 4.69) is 0 Å². The van der Waals surface area contributed by atoms with E-state index in [9.17, 15) is 4.39 Å². The number of nitrogens with zero attached hydrogens (tertiary/aromatic N) is 1. The smallest absolute Gasteiger partial charge is 0.126 e. The molecular weight excluding hydrogens is 189 g/mol. The molecule has 0 aliphatic heterocycles. The van der Waals surface area contributed by atoms with Crippen molar-refractivity contribution in [2.24, 2.45) is 0 Å². The molecule has 0 unspecified atom stereocenters. The van der Waals surface area contributed by atoms with Crippen LogP contribution in [0.15, 0.2) is 24.4 Å². The van der Waals surface area contributed by atoms with E-state index in [-0.39, 0.29) is 5.82 Å². The molecule has 2 heteroatoms. The maximum atomic E-state index is 13.4. The molecule has 15 heavy (non-hydrogen) atoms. The Bertz CT molecular complexity index is 346. The first-order valence-corrected chi connectivity index (χ1v) is 5.13. The molecule has 0 bridgehead atoms. The van der Waals surface area contributed by atoms with E-state index >= 15 is 0 Å². The SMILES string of the molecule is C/C=C/N(C)Cc1cc(C)c(C)c(F)c1. The Hall–Kier alpha value is -1.31. The minimum absolute atomic E-state index is 0.112. The summed E-state index contributed by atoms with van der Waals surface area (Å²) in [7, 11) is 1.98. The van der Waals surface area contributed by atoms with Crippen molar-refractivity contribution in [1.82, 2.24) is 4.90 Å². The standard InChI is InChI=1S/C13H18FN/c1-5-6-15(4)9-12-7-10(2)11(3)13(14)8-12/h5-8H,9H2,1-4H3/b6-5+. The number of hydrogen-bond acceptors (Lipinski definition) is 1. The molecule has 0 fully saturated rings. The zero-order valence-electron chi connectivity index (χ0n) is 9.84. The summed E-state index contributed by atoms with van der Waals surface area (Å²) < 4.78 is 13.4. The molecule has 0 atom stereocenters. The summed E-state index contributed by atoms with van der Waals surface area (Å²) in [4.78, 5) is 2.03. The second kappa shape index (κ2) is 4.96. The first-order valence-electron chi connectivity index (χ1n) is 5.13. The summed E-state index contributed by atoms with van der Waals surface area (Å²) in [5, 5.41) is 0. The fraction of sp³-hybridized carbons (Fsp3) is 0.385. The molecule has 0 aliphatic carbocycles. The lowest BCUT2D eigenvalue weighted by Gasteiger charge is -2.15. The summed E-state index contributed by atoms with van der Waals surface area (Å²) >= 11 is 0. The van der Waals surface area contributed by atoms with Crippen molar-refractivity contribution in [2.75, 3.05) is 7.05 Å². The van der Waals surface area contributed by atoms with Crippen LogP contribution in [-0.4, -0.2) is 11.9 Å². The average molecular weight is 207 g/mol. The van der Waals surface area contributed by atoms with Crippen molar-refractivity contribution in [2.45, 2.75) is 27.3 Å². The van der Waals surface area contributed by atoms with E-state index in [1.165, 1.54) is 0 Å². The van der Waals surface area contributed by atoms with E-state index in [0.717, 1.165) is 23.2 Å². The number of rotatable bonds is 3. The Labute approximate surface area is 91.2 Å². The highest BCUT2D eigenvalue weighted by atomic mass is 19.1. The van der Waals surface area contributed by atoms with Gasteiger partial charge in [-0.15, -0.1) is 0 Å². The summed E-state index contributed by atoms with van der Waals surface area (Å²) in [6.07, 6.45) is 3.95. The maximum absolute atomic E-state index is 13.4. The molecule has 1 rings (SSSR count). The number of halogens is 1. The fourth-order valence-electron chi connectivity index (χ4n) is 1.57. The van der Waals surface area contributed by atoms with Crippen molar-refractivity contribution in [3.05, 3.63) is 46.9 Å². The zero-order valence-corrected chi connectivity index (χ0v) is 9.84. The first-order chi connectivity index (χ1) is 7.04. The Kier molecular flexibility index (Phi) is 3.89. The Morgan fingerprint density at radius 3 is 2.53 bits per heavy atom. The Balaban J connectivity index is 2.87. The number of benzene rings is 1. The van der Waals surface area contributed by atoms with E-state index in [4.69, 9.17) is 0 Å². The van der Waals surface area contributed by atoms with Gasteiger partial charge in [0, 0.05) is 13.6 Å². The second-order valence-corrected chi connectivity index (χ2v) is 3.92. The van der Waals surface area contributed by atoms with Crippen LogP contribution in [0.3, 0.4) is 0 Å². The maximum Gasteiger partial charge on any atom is 0.126 e. The molecule has 0 heterocycles. The van der Waals surface area contributed by atoms with Gasteiger partial charge in [-0.05, 0) is 49.7 Å². The van der Waals surface area contributed by atoms with Crippen LogP contribution in [0, 0.1) is 19.7 Å². The van der Waals surface area contributed by atoms with Gasteiger partial charge >= 0.3 is 0 Å². The highest BCUT2D eigenvalue weighted by Crippen LogP contribution is 2.15. The van der Waals surface area contributed by atoms with Gasteiger partial charge in [0.2, 0.25) is 0 Å². The van der Waals surface area contributed by atoms with Gasteiger partial charge in [-0.2, -0.15) is 0 Å². The number of allylic oxidation sites excluding steroid dienone is 1. The van der Waals surface area contributed by atoms with Crippen molar-refractivity contribution in [3.8, 4) is 0 Å². The largest absolute Gasteiger partial charge is 0.376 e. The quantitative estimate of drug-likeness (QED) is 0.734. The Morgan fingerprint density at radius 2 is 2.00 bits per heavy atom. The molecule has 1 nitrogen and oxygen atoms in total. The van der Waals surface area contributed by atoms with Gasteiger partial charge in [-0.25, -0.2) is 4.39 Å². The van der Waals surface area contributed by atoms with Crippen LogP contribution in [0.4, 0.5) is 4.39 Å². The van der Waals surface area contributed by atoms with Gasteiger partial charge in [-0.3, -0.25) is 0 Å². The topological polar surface area (TPSA) is 3.24 Å². The predicted octanol–water partition coefficient (Wildman–Crippen LogP) is 3.41.